The summed E-state index contributed by atoms with van der Waals surface area (Å²) in [7, 11) is 1.53. The molecule has 0 radical (unpaired) electrons. The lowest BCUT2D eigenvalue weighted by atomic mass is 10.2. The van der Waals surface area contributed by atoms with Crippen LogP contribution in [0.5, 0.6) is 5.75 Å². The zero-order valence-electron chi connectivity index (χ0n) is 10.2. The zero-order valence-corrected chi connectivity index (χ0v) is 11.0. The second-order valence-electron chi connectivity index (χ2n) is 3.56. The molecule has 0 aliphatic heterocycles. The largest absolute Gasteiger partial charge is 0.495 e. The lowest BCUT2D eigenvalue weighted by Crippen LogP contribution is -2.24. The van der Waals surface area contributed by atoms with E-state index in [1.54, 1.807) is 30.0 Å². The van der Waals surface area contributed by atoms with Crippen molar-refractivity contribution in [2.75, 3.05) is 31.4 Å². The SMILES string of the molecule is COc1cc(C(=O)NCCCSC)ccc1N. The average molecular weight is 254 g/mol. The van der Waals surface area contributed by atoms with Crippen LogP contribution in [0.2, 0.25) is 0 Å². The molecule has 0 heterocycles. The van der Waals surface area contributed by atoms with Gasteiger partial charge in [-0.1, -0.05) is 0 Å². The molecule has 0 spiro atoms. The second kappa shape index (κ2) is 7.06. The molecule has 1 aromatic carbocycles. The number of anilines is 1. The van der Waals surface area contributed by atoms with Crippen molar-refractivity contribution in [1.82, 2.24) is 5.32 Å². The molecular formula is C12H18N2O2S. The van der Waals surface area contributed by atoms with E-state index in [1.165, 1.54) is 7.11 Å². The summed E-state index contributed by atoms with van der Waals surface area (Å²) in [6.07, 6.45) is 3.02. The van der Waals surface area contributed by atoms with Crippen molar-refractivity contribution in [3.8, 4) is 5.75 Å². The van der Waals surface area contributed by atoms with Crippen LogP contribution in [0.4, 0.5) is 5.69 Å². The maximum absolute atomic E-state index is 11.8. The fraction of sp³-hybridized carbons (Fsp3) is 0.417. The van der Waals surface area contributed by atoms with Gasteiger partial charge in [-0.3, -0.25) is 4.79 Å². The van der Waals surface area contributed by atoms with Gasteiger partial charge in [-0.05, 0) is 36.6 Å². The summed E-state index contributed by atoms with van der Waals surface area (Å²) >= 11 is 1.77. The van der Waals surface area contributed by atoms with Gasteiger partial charge in [0.25, 0.3) is 5.91 Å². The van der Waals surface area contributed by atoms with Crippen LogP contribution in [-0.2, 0) is 0 Å². The van der Waals surface area contributed by atoms with Gasteiger partial charge < -0.3 is 15.8 Å². The van der Waals surface area contributed by atoms with Crippen LogP contribution in [0.15, 0.2) is 18.2 Å². The molecule has 4 nitrogen and oxygen atoms in total. The molecule has 0 aliphatic carbocycles. The van der Waals surface area contributed by atoms with Crippen LogP contribution in [-0.4, -0.2) is 31.6 Å². The molecule has 0 aliphatic rings. The monoisotopic (exact) mass is 254 g/mol. The molecule has 17 heavy (non-hydrogen) atoms. The van der Waals surface area contributed by atoms with Crippen molar-refractivity contribution < 1.29 is 9.53 Å². The number of hydrogen-bond donors (Lipinski definition) is 2. The number of nitrogens with one attached hydrogen (secondary N) is 1. The fourth-order valence-electron chi connectivity index (χ4n) is 1.37. The molecule has 0 fully saturated rings. The molecule has 3 N–H and O–H groups in total. The summed E-state index contributed by atoms with van der Waals surface area (Å²) < 4.78 is 5.07. The minimum Gasteiger partial charge on any atom is -0.495 e. The van der Waals surface area contributed by atoms with Gasteiger partial charge in [0, 0.05) is 12.1 Å². The Labute approximate surface area is 106 Å². The maximum atomic E-state index is 11.8. The van der Waals surface area contributed by atoms with Gasteiger partial charge in [-0.15, -0.1) is 0 Å². The number of ether oxygens (including phenoxy) is 1. The fourth-order valence-corrected chi connectivity index (χ4v) is 1.81. The number of carbonyl (C=O) groups excluding carboxylic acids is 1. The minimum atomic E-state index is -0.0931. The minimum absolute atomic E-state index is 0.0931. The molecule has 0 saturated carbocycles. The van der Waals surface area contributed by atoms with E-state index >= 15 is 0 Å². The van der Waals surface area contributed by atoms with E-state index in [1.807, 2.05) is 6.26 Å². The van der Waals surface area contributed by atoms with Crippen molar-refractivity contribution in [1.29, 1.82) is 0 Å². The van der Waals surface area contributed by atoms with Crippen LogP contribution in [0.1, 0.15) is 16.8 Å². The summed E-state index contributed by atoms with van der Waals surface area (Å²) in [5, 5.41) is 2.86. The summed E-state index contributed by atoms with van der Waals surface area (Å²) in [5.41, 5.74) is 6.78. The first kappa shape index (κ1) is 13.7. The number of thioether (sulfide) groups is 1. The Morgan fingerprint density at radius 3 is 2.94 bits per heavy atom. The Kier molecular flexibility index (Phi) is 5.69. The van der Waals surface area contributed by atoms with Gasteiger partial charge in [-0.2, -0.15) is 11.8 Å². The maximum Gasteiger partial charge on any atom is 0.251 e. The van der Waals surface area contributed by atoms with Gasteiger partial charge in [-0.25, -0.2) is 0 Å². The zero-order chi connectivity index (χ0) is 12.7. The third kappa shape index (κ3) is 4.19. The summed E-state index contributed by atoms with van der Waals surface area (Å²) in [6.45, 7) is 0.687. The standard InChI is InChI=1S/C12H18N2O2S/c1-16-11-8-9(4-5-10(11)13)12(15)14-6-3-7-17-2/h4-5,8H,3,6-7,13H2,1-2H3,(H,14,15). The lowest BCUT2D eigenvalue weighted by molar-refractivity contribution is 0.0953. The van der Waals surface area contributed by atoms with Gasteiger partial charge >= 0.3 is 0 Å². The van der Waals surface area contributed by atoms with E-state index in [9.17, 15) is 4.79 Å². The van der Waals surface area contributed by atoms with Crippen LogP contribution >= 0.6 is 11.8 Å². The number of amides is 1. The van der Waals surface area contributed by atoms with Crippen molar-refractivity contribution in [2.45, 2.75) is 6.42 Å². The molecule has 1 aromatic rings. The molecule has 94 valence electrons. The topological polar surface area (TPSA) is 64.3 Å². The first-order chi connectivity index (χ1) is 8.19. The predicted octanol–water partition coefficient (Wildman–Crippen LogP) is 1.76. The molecule has 0 unspecified atom stereocenters. The third-order valence-electron chi connectivity index (χ3n) is 2.31. The Morgan fingerprint density at radius 2 is 2.29 bits per heavy atom. The van der Waals surface area contributed by atoms with Gasteiger partial charge in [0.05, 0.1) is 12.8 Å². The average Bonchev–Trinajstić information content (AvgIpc) is 2.35. The van der Waals surface area contributed by atoms with Gasteiger partial charge in [0.2, 0.25) is 0 Å². The van der Waals surface area contributed by atoms with Crippen LogP contribution in [0, 0.1) is 0 Å². The molecule has 0 aromatic heterocycles. The third-order valence-corrected chi connectivity index (χ3v) is 3.00. The lowest BCUT2D eigenvalue weighted by Gasteiger charge is -2.08. The van der Waals surface area contributed by atoms with E-state index in [4.69, 9.17) is 10.5 Å². The number of nitrogens with two attached hydrogens (primary N) is 1. The Bertz CT molecular complexity index is 383. The van der Waals surface area contributed by atoms with Crippen molar-refractivity contribution >= 4 is 23.4 Å². The summed E-state index contributed by atoms with van der Waals surface area (Å²) in [4.78, 5) is 11.8. The van der Waals surface area contributed by atoms with Crippen LogP contribution < -0.4 is 15.8 Å². The Hall–Kier alpha value is -1.36. The normalized spacial score (nSPS) is 10.0. The van der Waals surface area contributed by atoms with E-state index < -0.39 is 0 Å². The first-order valence-electron chi connectivity index (χ1n) is 5.39. The van der Waals surface area contributed by atoms with Gasteiger partial charge in [0.15, 0.2) is 0 Å². The highest BCUT2D eigenvalue weighted by molar-refractivity contribution is 7.98. The van der Waals surface area contributed by atoms with Crippen LogP contribution in [0.25, 0.3) is 0 Å². The van der Waals surface area contributed by atoms with Crippen molar-refractivity contribution in [3.63, 3.8) is 0 Å². The van der Waals surface area contributed by atoms with E-state index in [0.29, 0.717) is 23.5 Å². The van der Waals surface area contributed by atoms with Gasteiger partial charge in [0.1, 0.15) is 5.75 Å². The molecule has 0 saturated heterocycles. The quantitative estimate of drug-likeness (QED) is 0.600. The van der Waals surface area contributed by atoms with Crippen molar-refractivity contribution in [2.24, 2.45) is 0 Å². The number of carbonyl (C=O) groups is 1. The number of methoxy groups -OCH3 is 1. The predicted molar refractivity (Wildman–Crippen MR) is 72.7 cm³/mol. The second-order valence-corrected chi connectivity index (χ2v) is 4.54. The number of benzene rings is 1. The molecular weight excluding hydrogens is 236 g/mol. The summed E-state index contributed by atoms with van der Waals surface area (Å²) in [5.74, 6) is 1.48. The Balaban J connectivity index is 2.57. The molecule has 1 rings (SSSR count). The molecule has 0 bridgehead atoms. The molecule has 0 atom stereocenters. The highest BCUT2D eigenvalue weighted by Crippen LogP contribution is 2.21. The molecule has 5 heteroatoms. The highest BCUT2D eigenvalue weighted by atomic mass is 32.2. The number of hydrogen-bond acceptors (Lipinski definition) is 4. The first-order valence-corrected chi connectivity index (χ1v) is 6.79. The highest BCUT2D eigenvalue weighted by Gasteiger charge is 2.07. The van der Waals surface area contributed by atoms with Crippen molar-refractivity contribution in [3.05, 3.63) is 23.8 Å². The smallest absolute Gasteiger partial charge is 0.251 e. The van der Waals surface area contributed by atoms with E-state index in [2.05, 4.69) is 5.32 Å². The summed E-state index contributed by atoms with van der Waals surface area (Å²) in [6, 6.07) is 5.02. The molecule has 1 amide bonds. The van der Waals surface area contributed by atoms with Crippen LogP contribution in [0.3, 0.4) is 0 Å². The Morgan fingerprint density at radius 1 is 1.53 bits per heavy atom. The number of nitrogen functional groups attached to an aromatic ring is 1. The van der Waals surface area contributed by atoms with E-state index in [0.717, 1.165) is 12.2 Å². The number of rotatable bonds is 6. The van der Waals surface area contributed by atoms with E-state index in [-0.39, 0.29) is 5.91 Å².